The van der Waals surface area contributed by atoms with Crippen LogP contribution in [-0.2, 0) is 0 Å². The molecule has 0 saturated carbocycles. The van der Waals surface area contributed by atoms with E-state index in [2.05, 4.69) is 72.1 Å². The molecule has 0 amide bonds. The predicted octanol–water partition coefficient (Wildman–Crippen LogP) is 6.24. The van der Waals surface area contributed by atoms with E-state index in [0.29, 0.717) is 12.5 Å². The predicted molar refractivity (Wildman–Crippen MR) is 94.9 cm³/mol. The van der Waals surface area contributed by atoms with E-state index in [1.54, 1.807) is 0 Å². The molecule has 0 bridgehead atoms. The summed E-state index contributed by atoms with van der Waals surface area (Å²) in [4.78, 5) is 1.38. The van der Waals surface area contributed by atoms with Gasteiger partial charge >= 0.3 is 0 Å². The Morgan fingerprint density at radius 3 is 2.55 bits per heavy atom. The topological polar surface area (TPSA) is 9.23 Å². The lowest BCUT2D eigenvalue weighted by molar-refractivity contribution is 0.294. The zero-order valence-electron chi connectivity index (χ0n) is 10.4. The van der Waals surface area contributed by atoms with Crippen LogP contribution in [0.2, 0.25) is 0 Å². The molecule has 104 valence electrons. The van der Waals surface area contributed by atoms with Crippen molar-refractivity contribution in [2.24, 2.45) is 0 Å². The second-order valence-electron chi connectivity index (χ2n) is 4.56. The molecule has 1 nitrogen and oxygen atoms in total. The van der Waals surface area contributed by atoms with Gasteiger partial charge in [0.25, 0.3) is 0 Å². The summed E-state index contributed by atoms with van der Waals surface area (Å²) in [5.74, 6) is 2.41. The second kappa shape index (κ2) is 6.42. The van der Waals surface area contributed by atoms with Crippen LogP contribution in [0.15, 0.2) is 54.7 Å². The molecule has 0 N–H and O–H groups in total. The van der Waals surface area contributed by atoms with Gasteiger partial charge in [-0.15, -0.1) is 11.8 Å². The Bertz CT molecular complexity index is 622. The average Bonchev–Trinajstić information content (AvgIpc) is 2.81. The highest BCUT2D eigenvalue weighted by Crippen LogP contribution is 2.41. The summed E-state index contributed by atoms with van der Waals surface area (Å²) in [7, 11) is 0. The SMILES string of the molecule is Brc1cc(Br)c(OCC2CSc3ccccc32)c(Br)c1. The molecule has 5 heteroatoms. The Morgan fingerprint density at radius 1 is 1.10 bits per heavy atom. The van der Waals surface area contributed by atoms with Crippen molar-refractivity contribution in [1.82, 2.24) is 0 Å². The van der Waals surface area contributed by atoms with E-state index in [4.69, 9.17) is 4.74 Å². The molecule has 0 spiro atoms. The summed E-state index contributed by atoms with van der Waals surface area (Å²) in [6, 6.07) is 12.6. The van der Waals surface area contributed by atoms with Gasteiger partial charge in [-0.2, -0.15) is 0 Å². The van der Waals surface area contributed by atoms with Crippen molar-refractivity contribution in [2.45, 2.75) is 10.8 Å². The van der Waals surface area contributed by atoms with Gasteiger partial charge in [0.05, 0.1) is 15.6 Å². The third kappa shape index (κ3) is 3.11. The van der Waals surface area contributed by atoms with Gasteiger partial charge < -0.3 is 4.74 Å². The van der Waals surface area contributed by atoms with Gasteiger partial charge in [0, 0.05) is 21.0 Å². The molecule has 0 fully saturated rings. The zero-order chi connectivity index (χ0) is 14.1. The Hall–Kier alpha value is 0.0300. The lowest BCUT2D eigenvalue weighted by atomic mass is 10.0. The third-order valence-corrected chi connectivity index (χ3v) is 6.08. The summed E-state index contributed by atoms with van der Waals surface area (Å²) in [6.45, 7) is 0.697. The van der Waals surface area contributed by atoms with Crippen LogP contribution in [0.5, 0.6) is 5.75 Å². The molecule has 1 aliphatic rings. The van der Waals surface area contributed by atoms with Gasteiger partial charge in [0.2, 0.25) is 0 Å². The molecule has 20 heavy (non-hydrogen) atoms. The highest BCUT2D eigenvalue weighted by Gasteiger charge is 2.23. The van der Waals surface area contributed by atoms with Crippen molar-refractivity contribution in [3.8, 4) is 5.75 Å². The van der Waals surface area contributed by atoms with Crippen molar-refractivity contribution in [2.75, 3.05) is 12.4 Å². The van der Waals surface area contributed by atoms with E-state index < -0.39 is 0 Å². The first-order chi connectivity index (χ1) is 9.65. The number of halogens is 3. The van der Waals surface area contributed by atoms with Gasteiger partial charge in [-0.05, 0) is 55.6 Å². The minimum atomic E-state index is 0.457. The van der Waals surface area contributed by atoms with E-state index in [0.717, 1.165) is 24.9 Å². The molecule has 2 aromatic rings. The van der Waals surface area contributed by atoms with Crippen LogP contribution >= 0.6 is 59.6 Å². The normalized spacial score (nSPS) is 17.1. The Morgan fingerprint density at radius 2 is 1.80 bits per heavy atom. The lowest BCUT2D eigenvalue weighted by Crippen LogP contribution is -2.10. The van der Waals surface area contributed by atoms with Gasteiger partial charge in [-0.3, -0.25) is 0 Å². The second-order valence-corrected chi connectivity index (χ2v) is 8.24. The summed E-state index contributed by atoms with van der Waals surface area (Å²) in [5.41, 5.74) is 1.40. The maximum absolute atomic E-state index is 6.04. The van der Waals surface area contributed by atoms with Crippen LogP contribution in [0.25, 0.3) is 0 Å². The number of thioether (sulfide) groups is 1. The summed E-state index contributed by atoms with van der Waals surface area (Å²) in [5, 5.41) is 0. The molecule has 0 aliphatic carbocycles. The van der Waals surface area contributed by atoms with E-state index in [1.807, 2.05) is 23.9 Å². The quantitative estimate of drug-likeness (QED) is 0.516. The van der Waals surface area contributed by atoms with E-state index in [1.165, 1.54) is 10.5 Å². The molecule has 1 atom stereocenters. The van der Waals surface area contributed by atoms with Gasteiger partial charge in [-0.25, -0.2) is 0 Å². The molecular weight excluding hydrogens is 468 g/mol. The molecular formula is C15H11Br3OS. The number of hydrogen-bond donors (Lipinski definition) is 0. The molecule has 3 rings (SSSR count). The standard InChI is InChI=1S/C15H11Br3OS/c16-10-5-12(17)15(13(18)6-10)19-7-9-8-20-14-4-2-1-3-11(9)14/h1-6,9H,7-8H2. The molecule has 0 saturated heterocycles. The molecule has 2 aromatic carbocycles. The molecule has 1 unspecified atom stereocenters. The highest BCUT2D eigenvalue weighted by atomic mass is 79.9. The van der Waals surface area contributed by atoms with Crippen LogP contribution in [0.1, 0.15) is 11.5 Å². The van der Waals surface area contributed by atoms with Crippen LogP contribution in [0.4, 0.5) is 0 Å². The molecule has 1 heterocycles. The molecule has 1 aliphatic heterocycles. The van der Waals surface area contributed by atoms with E-state index in [9.17, 15) is 0 Å². The van der Waals surface area contributed by atoms with Gasteiger partial charge in [-0.1, -0.05) is 34.1 Å². The first-order valence-corrected chi connectivity index (χ1v) is 9.50. The Balaban J connectivity index is 1.76. The van der Waals surface area contributed by atoms with Gasteiger partial charge in [0.15, 0.2) is 0 Å². The Labute approximate surface area is 147 Å². The highest BCUT2D eigenvalue weighted by molar-refractivity contribution is 9.11. The van der Waals surface area contributed by atoms with E-state index in [-0.39, 0.29) is 0 Å². The molecule has 0 radical (unpaired) electrons. The van der Waals surface area contributed by atoms with Crippen LogP contribution in [-0.4, -0.2) is 12.4 Å². The largest absolute Gasteiger partial charge is 0.491 e. The summed E-state index contributed by atoms with van der Waals surface area (Å²) >= 11 is 12.5. The van der Waals surface area contributed by atoms with E-state index >= 15 is 0 Å². The van der Waals surface area contributed by atoms with Crippen molar-refractivity contribution in [1.29, 1.82) is 0 Å². The number of ether oxygens (including phenoxy) is 1. The van der Waals surface area contributed by atoms with Gasteiger partial charge in [0.1, 0.15) is 5.75 Å². The smallest absolute Gasteiger partial charge is 0.147 e. The summed E-state index contributed by atoms with van der Waals surface area (Å²) in [6.07, 6.45) is 0. The summed E-state index contributed by atoms with van der Waals surface area (Å²) < 4.78 is 8.97. The Kier molecular flexibility index (Phi) is 4.80. The van der Waals surface area contributed by atoms with Crippen molar-refractivity contribution < 1.29 is 4.74 Å². The fourth-order valence-electron chi connectivity index (χ4n) is 2.22. The fraction of sp³-hybridized carbons (Fsp3) is 0.200. The number of rotatable bonds is 3. The van der Waals surface area contributed by atoms with Crippen molar-refractivity contribution in [3.05, 3.63) is 55.4 Å². The van der Waals surface area contributed by atoms with Crippen LogP contribution < -0.4 is 4.74 Å². The zero-order valence-corrected chi connectivity index (χ0v) is 16.0. The van der Waals surface area contributed by atoms with Crippen LogP contribution in [0.3, 0.4) is 0 Å². The van der Waals surface area contributed by atoms with Crippen LogP contribution in [0, 0.1) is 0 Å². The average molecular weight is 479 g/mol. The number of fused-ring (bicyclic) bond motifs is 1. The minimum absolute atomic E-state index is 0.457. The minimum Gasteiger partial charge on any atom is -0.491 e. The number of benzene rings is 2. The number of hydrogen-bond acceptors (Lipinski definition) is 2. The first-order valence-electron chi connectivity index (χ1n) is 6.14. The maximum atomic E-state index is 6.04. The van der Waals surface area contributed by atoms with Crippen molar-refractivity contribution in [3.63, 3.8) is 0 Å². The monoisotopic (exact) mass is 476 g/mol. The maximum Gasteiger partial charge on any atom is 0.147 e. The van der Waals surface area contributed by atoms with Crippen molar-refractivity contribution >= 4 is 59.6 Å². The molecule has 0 aromatic heterocycles. The fourth-order valence-corrected chi connectivity index (χ4v) is 5.94. The third-order valence-electron chi connectivity index (χ3n) is 3.19. The lowest BCUT2D eigenvalue weighted by Gasteiger charge is -2.15. The first kappa shape index (κ1) is 14.9.